The van der Waals surface area contributed by atoms with Crippen LogP contribution in [-0.2, 0) is 10.1 Å². The van der Waals surface area contributed by atoms with Crippen molar-refractivity contribution in [2.75, 3.05) is 26.6 Å². The van der Waals surface area contributed by atoms with Gasteiger partial charge in [0.25, 0.3) is 10.1 Å². The Morgan fingerprint density at radius 1 is 1.03 bits per heavy atom. The predicted molar refractivity (Wildman–Crippen MR) is 113 cm³/mol. The number of nitrogen functional groups attached to an aromatic ring is 1. The molecule has 30 heavy (non-hydrogen) atoms. The quantitative estimate of drug-likeness (QED) is 0.223. The second kappa shape index (κ2) is 12.7. The third kappa shape index (κ3) is 11.2. The molecule has 0 saturated carbocycles. The number of benzene rings is 2. The number of hydrogen-bond donors (Lipinski definition) is 3. The van der Waals surface area contributed by atoms with E-state index in [1.807, 2.05) is 0 Å². The largest absolute Gasteiger partial charge is 0.494 e. The molecule has 4 N–H and O–H groups in total. The number of halogens is 1. The summed E-state index contributed by atoms with van der Waals surface area (Å²) in [6.07, 6.45) is 3.44. The van der Waals surface area contributed by atoms with Gasteiger partial charge in [0.2, 0.25) is 0 Å². The van der Waals surface area contributed by atoms with E-state index in [2.05, 4.69) is 0 Å². The summed E-state index contributed by atoms with van der Waals surface area (Å²) in [6, 6.07) is 11.4. The Morgan fingerprint density at radius 3 is 2.13 bits per heavy atom. The molecule has 0 aliphatic rings. The Kier molecular flexibility index (Phi) is 10.6. The molecule has 0 radical (unpaired) electrons. The molecular formula is C20H27FN2O6S. The standard InChI is InChI=1S/C19H23FN2O3.CH4O3S/c1-23-18-13-15(20)7-10-17(18)25-12-4-2-3-11-24-16-8-5-14(6-9-16)19(21)22;1-5(2,3)4/h5-10,13H,2-4,11-12H2,1H3,(H3,21,22);1H3,(H,2,3,4). The number of ether oxygens (including phenoxy) is 3. The second-order valence-electron chi connectivity index (χ2n) is 6.22. The molecule has 0 aliphatic carbocycles. The number of nitrogens with two attached hydrogens (primary N) is 1. The van der Waals surface area contributed by atoms with Crippen LogP contribution in [0.25, 0.3) is 0 Å². The Labute approximate surface area is 176 Å². The maximum Gasteiger partial charge on any atom is 0.261 e. The van der Waals surface area contributed by atoms with Crippen molar-refractivity contribution in [2.24, 2.45) is 5.73 Å². The lowest BCUT2D eigenvalue weighted by Gasteiger charge is -2.10. The van der Waals surface area contributed by atoms with Gasteiger partial charge in [-0.15, -0.1) is 0 Å². The molecule has 2 aromatic rings. The Bertz CT molecular complexity index is 896. The molecule has 0 atom stereocenters. The lowest BCUT2D eigenvalue weighted by molar-refractivity contribution is 0.269. The fraction of sp³-hybridized carbons (Fsp3) is 0.350. The molecule has 0 fully saturated rings. The van der Waals surface area contributed by atoms with Crippen molar-refractivity contribution < 1.29 is 31.6 Å². The maximum absolute atomic E-state index is 13.1. The average molecular weight is 443 g/mol. The minimum absolute atomic E-state index is 0.0457. The smallest absolute Gasteiger partial charge is 0.261 e. The van der Waals surface area contributed by atoms with Crippen molar-refractivity contribution in [1.82, 2.24) is 0 Å². The van der Waals surface area contributed by atoms with Crippen LogP contribution in [0.1, 0.15) is 24.8 Å². The molecule has 0 aliphatic heterocycles. The van der Waals surface area contributed by atoms with Crippen molar-refractivity contribution in [3.8, 4) is 17.2 Å². The number of rotatable bonds is 10. The van der Waals surface area contributed by atoms with Crippen LogP contribution in [0.15, 0.2) is 42.5 Å². The number of unbranched alkanes of at least 4 members (excludes halogenated alkanes) is 2. The summed E-state index contributed by atoms with van der Waals surface area (Å²) in [7, 11) is -2.18. The van der Waals surface area contributed by atoms with Gasteiger partial charge in [-0.3, -0.25) is 9.96 Å². The summed E-state index contributed by atoms with van der Waals surface area (Å²) in [4.78, 5) is 0. The van der Waals surface area contributed by atoms with Crippen LogP contribution in [0.3, 0.4) is 0 Å². The van der Waals surface area contributed by atoms with Crippen molar-refractivity contribution in [1.29, 1.82) is 5.41 Å². The molecule has 166 valence electrons. The van der Waals surface area contributed by atoms with E-state index in [0.717, 1.165) is 25.0 Å². The van der Waals surface area contributed by atoms with Crippen LogP contribution in [0.4, 0.5) is 4.39 Å². The molecular weight excluding hydrogens is 415 g/mol. The molecule has 10 heteroatoms. The zero-order valence-corrected chi connectivity index (χ0v) is 17.7. The predicted octanol–water partition coefficient (Wildman–Crippen LogP) is 3.25. The van der Waals surface area contributed by atoms with E-state index in [1.165, 1.54) is 19.2 Å². The van der Waals surface area contributed by atoms with Gasteiger partial charge in [-0.2, -0.15) is 8.42 Å². The highest BCUT2D eigenvalue weighted by molar-refractivity contribution is 7.85. The van der Waals surface area contributed by atoms with Crippen LogP contribution < -0.4 is 19.9 Å². The summed E-state index contributed by atoms with van der Waals surface area (Å²) in [5.74, 6) is 1.40. The van der Waals surface area contributed by atoms with Crippen LogP contribution >= 0.6 is 0 Å². The lowest BCUT2D eigenvalue weighted by atomic mass is 10.2. The van der Waals surface area contributed by atoms with Gasteiger partial charge in [0, 0.05) is 11.6 Å². The van der Waals surface area contributed by atoms with Gasteiger partial charge in [0.15, 0.2) is 11.5 Å². The minimum atomic E-state index is -3.67. The van der Waals surface area contributed by atoms with E-state index in [1.54, 1.807) is 30.3 Å². The van der Waals surface area contributed by atoms with E-state index < -0.39 is 10.1 Å². The van der Waals surface area contributed by atoms with Crippen LogP contribution in [-0.4, -0.2) is 45.4 Å². The van der Waals surface area contributed by atoms with Gasteiger partial charge in [0.05, 0.1) is 26.6 Å². The van der Waals surface area contributed by atoms with Gasteiger partial charge in [-0.1, -0.05) is 0 Å². The molecule has 0 heterocycles. The van der Waals surface area contributed by atoms with Crippen molar-refractivity contribution in [3.05, 3.63) is 53.8 Å². The monoisotopic (exact) mass is 442 g/mol. The van der Waals surface area contributed by atoms with Crippen LogP contribution in [0, 0.1) is 11.2 Å². The molecule has 0 unspecified atom stereocenters. The molecule has 2 aromatic carbocycles. The average Bonchev–Trinajstić information content (AvgIpc) is 2.67. The lowest BCUT2D eigenvalue weighted by Crippen LogP contribution is -2.10. The molecule has 0 aromatic heterocycles. The van der Waals surface area contributed by atoms with E-state index in [0.29, 0.717) is 36.5 Å². The highest BCUT2D eigenvalue weighted by atomic mass is 32.2. The minimum Gasteiger partial charge on any atom is -0.494 e. The zero-order chi connectivity index (χ0) is 22.6. The summed E-state index contributed by atoms with van der Waals surface area (Å²) >= 11 is 0. The first-order valence-corrected chi connectivity index (χ1v) is 10.9. The van der Waals surface area contributed by atoms with Crippen molar-refractivity contribution >= 4 is 16.0 Å². The van der Waals surface area contributed by atoms with Gasteiger partial charge in [-0.05, 0) is 55.7 Å². The first kappa shape index (κ1) is 25.2. The molecule has 0 bridgehead atoms. The van der Waals surface area contributed by atoms with E-state index in [9.17, 15) is 12.8 Å². The summed E-state index contributed by atoms with van der Waals surface area (Å²) < 4.78 is 55.3. The number of amidine groups is 1. The van der Waals surface area contributed by atoms with Crippen LogP contribution in [0.2, 0.25) is 0 Å². The maximum atomic E-state index is 13.1. The SMILES string of the molecule is COc1cc(F)ccc1OCCCCCOc1ccc(C(=N)N)cc1.CS(=O)(=O)O. The van der Waals surface area contributed by atoms with Crippen molar-refractivity contribution in [2.45, 2.75) is 19.3 Å². The van der Waals surface area contributed by atoms with Gasteiger partial charge < -0.3 is 19.9 Å². The Morgan fingerprint density at radius 2 is 1.60 bits per heavy atom. The highest BCUT2D eigenvalue weighted by Gasteiger charge is 2.05. The van der Waals surface area contributed by atoms with Crippen molar-refractivity contribution in [3.63, 3.8) is 0 Å². The fourth-order valence-corrected chi connectivity index (χ4v) is 2.24. The van der Waals surface area contributed by atoms with Crippen LogP contribution in [0.5, 0.6) is 17.2 Å². The molecule has 2 rings (SSSR count). The summed E-state index contributed by atoms with van der Waals surface area (Å²) in [5, 5.41) is 7.34. The van der Waals surface area contributed by atoms with Gasteiger partial charge in [0.1, 0.15) is 17.4 Å². The van der Waals surface area contributed by atoms with Gasteiger partial charge >= 0.3 is 0 Å². The number of nitrogens with one attached hydrogen (secondary N) is 1. The molecule has 0 saturated heterocycles. The Balaban J connectivity index is 0.000000804. The third-order valence-corrected chi connectivity index (χ3v) is 3.61. The molecule has 8 nitrogen and oxygen atoms in total. The second-order valence-corrected chi connectivity index (χ2v) is 7.69. The highest BCUT2D eigenvalue weighted by Crippen LogP contribution is 2.27. The number of hydrogen-bond acceptors (Lipinski definition) is 6. The third-order valence-electron chi connectivity index (χ3n) is 3.61. The summed E-state index contributed by atoms with van der Waals surface area (Å²) in [5.41, 5.74) is 6.09. The first-order valence-electron chi connectivity index (χ1n) is 9.06. The van der Waals surface area contributed by atoms with E-state index in [4.69, 9.17) is 29.9 Å². The topological polar surface area (TPSA) is 132 Å². The Hall–Kier alpha value is -2.85. The molecule has 0 amide bonds. The zero-order valence-electron chi connectivity index (χ0n) is 16.9. The normalized spacial score (nSPS) is 10.5. The molecule has 0 spiro atoms. The van der Waals surface area contributed by atoms with E-state index in [-0.39, 0.29) is 11.7 Å². The van der Waals surface area contributed by atoms with E-state index >= 15 is 0 Å². The fourth-order valence-electron chi connectivity index (χ4n) is 2.24. The van der Waals surface area contributed by atoms with Gasteiger partial charge in [-0.25, -0.2) is 4.39 Å². The summed E-state index contributed by atoms with van der Waals surface area (Å²) in [6.45, 7) is 1.15. The first-order chi connectivity index (χ1) is 14.1. The number of methoxy groups -OCH3 is 1.